The summed E-state index contributed by atoms with van der Waals surface area (Å²) in [5.41, 5.74) is 0.458. The predicted molar refractivity (Wildman–Crippen MR) is 138 cm³/mol. The van der Waals surface area contributed by atoms with Gasteiger partial charge in [-0.15, -0.1) is 0 Å². The van der Waals surface area contributed by atoms with Gasteiger partial charge in [-0.3, -0.25) is 4.72 Å². The molecule has 0 spiro atoms. The highest BCUT2D eigenvalue weighted by molar-refractivity contribution is 7.92. The van der Waals surface area contributed by atoms with E-state index >= 15 is 0 Å². The van der Waals surface area contributed by atoms with E-state index in [1.807, 2.05) is 0 Å². The van der Waals surface area contributed by atoms with E-state index in [-0.39, 0.29) is 16.3 Å². The smallest absolute Gasteiger partial charge is 0.308 e. The number of carbonyl (C=O) groups excluding carboxylic acids is 1. The van der Waals surface area contributed by atoms with Crippen molar-refractivity contribution in [1.82, 2.24) is 0 Å². The van der Waals surface area contributed by atoms with E-state index in [2.05, 4.69) is 15.4 Å². The van der Waals surface area contributed by atoms with Crippen molar-refractivity contribution in [3.8, 4) is 11.1 Å². The van der Waals surface area contributed by atoms with Gasteiger partial charge in [-0.1, -0.05) is 54.1 Å². The van der Waals surface area contributed by atoms with Crippen LogP contribution in [0.4, 0.5) is 35.0 Å². The number of hydrogen-bond acceptors (Lipinski definition) is 3. The normalized spacial score (nSPS) is 11.6. The average Bonchev–Trinajstić information content (AvgIpc) is 2.84. The minimum atomic E-state index is -4.58. The Morgan fingerprint density at radius 1 is 0.757 bits per heavy atom. The zero-order valence-electron chi connectivity index (χ0n) is 18.9. The van der Waals surface area contributed by atoms with Gasteiger partial charge in [0.1, 0.15) is 0 Å². The second-order valence-electron chi connectivity index (χ2n) is 7.85. The number of halogens is 4. The van der Waals surface area contributed by atoms with Gasteiger partial charge in [0.05, 0.1) is 16.1 Å². The zero-order valence-corrected chi connectivity index (χ0v) is 20.5. The lowest BCUT2D eigenvalue weighted by Gasteiger charge is -2.16. The van der Waals surface area contributed by atoms with E-state index in [0.29, 0.717) is 21.8 Å². The molecule has 11 heteroatoms. The maximum atomic E-state index is 13.0. The highest BCUT2D eigenvalue weighted by Crippen LogP contribution is 2.33. The third-order valence-corrected chi connectivity index (χ3v) is 6.77. The Bertz CT molecular complexity index is 1550. The standard InChI is InChI=1S/C26H19ClF3N3O3S/c27-19-8-4-6-17(14-19)23-13-12-22(37(35,36)33-20-9-2-1-3-10-20)16-24(23)32-25(34)31-21-11-5-7-18(15-21)26(28,29)30/h1-16,33H,(H2,31,32,34). The molecule has 0 heterocycles. The van der Waals surface area contributed by atoms with Crippen molar-refractivity contribution < 1.29 is 26.4 Å². The number of carbonyl (C=O) groups is 1. The SMILES string of the molecule is O=C(Nc1cccc(C(F)(F)F)c1)Nc1cc(S(=O)(=O)Nc2ccccc2)ccc1-c1cccc(Cl)c1. The van der Waals surface area contributed by atoms with Crippen LogP contribution >= 0.6 is 11.6 Å². The maximum absolute atomic E-state index is 13.0. The molecule has 3 N–H and O–H groups in total. The summed E-state index contributed by atoms with van der Waals surface area (Å²) in [6.45, 7) is 0. The molecule has 0 saturated heterocycles. The number of sulfonamides is 1. The van der Waals surface area contributed by atoms with E-state index in [4.69, 9.17) is 11.6 Å². The average molecular weight is 546 g/mol. The molecular formula is C26H19ClF3N3O3S. The van der Waals surface area contributed by atoms with Crippen LogP contribution in [0.25, 0.3) is 11.1 Å². The summed E-state index contributed by atoms with van der Waals surface area (Å²) in [7, 11) is -4.03. The van der Waals surface area contributed by atoms with Crippen molar-refractivity contribution in [1.29, 1.82) is 0 Å². The van der Waals surface area contributed by atoms with Gasteiger partial charge < -0.3 is 10.6 Å². The lowest BCUT2D eigenvalue weighted by atomic mass is 10.0. The van der Waals surface area contributed by atoms with Crippen LogP contribution in [-0.4, -0.2) is 14.4 Å². The number of urea groups is 1. The fourth-order valence-corrected chi connectivity index (χ4v) is 4.75. The molecular weight excluding hydrogens is 527 g/mol. The lowest BCUT2D eigenvalue weighted by Crippen LogP contribution is -2.21. The summed E-state index contributed by atoms with van der Waals surface area (Å²) < 4.78 is 67.6. The number of anilines is 3. The Kier molecular flexibility index (Phi) is 7.42. The second-order valence-corrected chi connectivity index (χ2v) is 9.97. The molecule has 0 fully saturated rings. The monoisotopic (exact) mass is 545 g/mol. The van der Waals surface area contributed by atoms with Gasteiger partial charge in [0, 0.05) is 22.0 Å². The number of benzene rings is 4. The quantitative estimate of drug-likeness (QED) is 0.235. The van der Waals surface area contributed by atoms with E-state index in [1.165, 1.54) is 24.3 Å². The van der Waals surface area contributed by atoms with E-state index in [0.717, 1.165) is 18.2 Å². The highest BCUT2D eigenvalue weighted by Gasteiger charge is 2.30. The molecule has 37 heavy (non-hydrogen) atoms. The molecule has 0 aliphatic rings. The molecule has 6 nitrogen and oxygen atoms in total. The molecule has 0 aliphatic carbocycles. The Morgan fingerprint density at radius 2 is 1.46 bits per heavy atom. The molecule has 4 aromatic rings. The van der Waals surface area contributed by atoms with Gasteiger partial charge in [-0.25, -0.2) is 13.2 Å². The van der Waals surface area contributed by atoms with E-state index < -0.39 is 27.8 Å². The highest BCUT2D eigenvalue weighted by atomic mass is 35.5. The van der Waals surface area contributed by atoms with Crippen LogP contribution in [-0.2, 0) is 16.2 Å². The van der Waals surface area contributed by atoms with Crippen LogP contribution in [0.5, 0.6) is 0 Å². The Morgan fingerprint density at radius 3 is 2.16 bits per heavy atom. The number of rotatable bonds is 6. The van der Waals surface area contributed by atoms with Crippen LogP contribution in [0.2, 0.25) is 5.02 Å². The van der Waals surface area contributed by atoms with Gasteiger partial charge in [0.15, 0.2) is 0 Å². The van der Waals surface area contributed by atoms with Gasteiger partial charge >= 0.3 is 12.2 Å². The van der Waals surface area contributed by atoms with Crippen molar-refractivity contribution in [2.24, 2.45) is 0 Å². The third-order valence-electron chi connectivity index (χ3n) is 5.16. The van der Waals surface area contributed by atoms with Crippen molar-refractivity contribution in [3.05, 3.63) is 108 Å². The minimum absolute atomic E-state index is 0.0915. The molecule has 0 atom stereocenters. The van der Waals surface area contributed by atoms with Gasteiger partial charge in [-0.05, 0) is 60.2 Å². The molecule has 0 saturated carbocycles. The molecule has 2 amide bonds. The van der Waals surface area contributed by atoms with Gasteiger partial charge in [-0.2, -0.15) is 13.2 Å². The molecule has 0 radical (unpaired) electrons. The molecule has 0 aliphatic heterocycles. The van der Waals surface area contributed by atoms with Crippen molar-refractivity contribution >= 4 is 44.7 Å². The summed E-state index contributed by atoms with van der Waals surface area (Å²) in [4.78, 5) is 12.6. The van der Waals surface area contributed by atoms with Crippen LogP contribution < -0.4 is 15.4 Å². The van der Waals surface area contributed by atoms with Crippen molar-refractivity contribution in [3.63, 3.8) is 0 Å². The first-order valence-electron chi connectivity index (χ1n) is 10.7. The molecule has 190 valence electrons. The molecule has 0 bridgehead atoms. The zero-order chi connectivity index (χ0) is 26.6. The molecule has 4 aromatic carbocycles. The number of amides is 2. The second kappa shape index (κ2) is 10.5. The van der Waals surface area contributed by atoms with Crippen molar-refractivity contribution in [2.45, 2.75) is 11.1 Å². The van der Waals surface area contributed by atoms with Gasteiger partial charge in [0.25, 0.3) is 10.0 Å². The van der Waals surface area contributed by atoms with Crippen LogP contribution in [0.1, 0.15) is 5.56 Å². The Labute approximate surface area is 216 Å². The third kappa shape index (κ3) is 6.60. The molecule has 0 aromatic heterocycles. The first-order chi connectivity index (χ1) is 17.5. The largest absolute Gasteiger partial charge is 0.416 e. The van der Waals surface area contributed by atoms with Crippen LogP contribution in [0, 0.1) is 0 Å². The number of para-hydroxylation sites is 1. The topological polar surface area (TPSA) is 87.3 Å². The lowest BCUT2D eigenvalue weighted by molar-refractivity contribution is -0.137. The summed E-state index contributed by atoms with van der Waals surface area (Å²) >= 11 is 6.11. The van der Waals surface area contributed by atoms with E-state index in [1.54, 1.807) is 54.6 Å². The maximum Gasteiger partial charge on any atom is 0.416 e. The summed E-state index contributed by atoms with van der Waals surface area (Å²) in [5, 5.41) is 5.31. The Balaban J connectivity index is 1.67. The van der Waals surface area contributed by atoms with E-state index in [9.17, 15) is 26.4 Å². The fraction of sp³-hybridized carbons (Fsp3) is 0.0385. The first-order valence-corrected chi connectivity index (χ1v) is 12.6. The number of nitrogens with one attached hydrogen (secondary N) is 3. The Hall–Kier alpha value is -4.02. The molecule has 0 unspecified atom stereocenters. The van der Waals surface area contributed by atoms with Crippen LogP contribution in [0.15, 0.2) is 102 Å². The molecule has 4 rings (SSSR count). The summed E-state index contributed by atoms with van der Waals surface area (Å²) in [5.74, 6) is 0. The summed E-state index contributed by atoms with van der Waals surface area (Å²) in [6, 6.07) is 22.3. The van der Waals surface area contributed by atoms with Crippen LogP contribution in [0.3, 0.4) is 0 Å². The fourth-order valence-electron chi connectivity index (χ4n) is 3.48. The first kappa shape index (κ1) is 26.1. The number of hydrogen-bond donors (Lipinski definition) is 3. The minimum Gasteiger partial charge on any atom is -0.308 e. The van der Waals surface area contributed by atoms with Gasteiger partial charge in [0.2, 0.25) is 0 Å². The van der Waals surface area contributed by atoms with Crippen molar-refractivity contribution in [2.75, 3.05) is 15.4 Å². The number of alkyl halides is 3. The summed E-state index contributed by atoms with van der Waals surface area (Å²) in [6.07, 6.45) is -4.58. The predicted octanol–water partition coefficient (Wildman–Crippen LogP) is 7.47.